The molecule has 110 valence electrons. The third-order valence-corrected chi connectivity index (χ3v) is 4.91. The van der Waals surface area contributed by atoms with Crippen LogP contribution in [0, 0.1) is 5.92 Å². The van der Waals surface area contributed by atoms with E-state index in [1.54, 1.807) is 12.1 Å². The molecule has 0 spiro atoms. The lowest BCUT2D eigenvalue weighted by Gasteiger charge is -2.36. The Morgan fingerprint density at radius 3 is 2.85 bits per heavy atom. The van der Waals surface area contributed by atoms with Crippen molar-refractivity contribution < 1.29 is 4.79 Å². The van der Waals surface area contributed by atoms with E-state index in [0.717, 1.165) is 23.5 Å². The van der Waals surface area contributed by atoms with Gasteiger partial charge in [0.25, 0.3) is 0 Å². The van der Waals surface area contributed by atoms with Gasteiger partial charge in [0.05, 0.1) is 5.02 Å². The fourth-order valence-corrected chi connectivity index (χ4v) is 3.57. The maximum atomic E-state index is 12.3. The molecule has 0 aliphatic carbocycles. The first-order chi connectivity index (χ1) is 9.47. The summed E-state index contributed by atoms with van der Waals surface area (Å²) in [5.74, 6) is 0.866. The van der Waals surface area contributed by atoms with Crippen molar-refractivity contribution in [3.63, 3.8) is 0 Å². The smallest absolute Gasteiger partial charge is 0.165 e. The van der Waals surface area contributed by atoms with Crippen LogP contribution in [0.15, 0.2) is 22.7 Å². The summed E-state index contributed by atoms with van der Waals surface area (Å²) in [5, 5.41) is 0.532. The van der Waals surface area contributed by atoms with Crippen LogP contribution in [0.5, 0.6) is 0 Å². The summed E-state index contributed by atoms with van der Waals surface area (Å²) >= 11 is 9.49. The zero-order chi connectivity index (χ0) is 14.7. The minimum Gasteiger partial charge on any atom is -0.300 e. The first-order valence-electron chi connectivity index (χ1n) is 7.19. The Hall–Kier alpha value is -0.380. The van der Waals surface area contributed by atoms with Crippen LogP contribution in [0.3, 0.4) is 0 Å². The van der Waals surface area contributed by atoms with Crippen LogP contribution in [-0.4, -0.2) is 29.8 Å². The van der Waals surface area contributed by atoms with Gasteiger partial charge in [0.15, 0.2) is 5.78 Å². The molecule has 4 heteroatoms. The lowest BCUT2D eigenvalue weighted by atomic mass is 9.94. The molecule has 2 unspecified atom stereocenters. The molecule has 0 amide bonds. The maximum Gasteiger partial charge on any atom is 0.165 e. The van der Waals surface area contributed by atoms with Crippen molar-refractivity contribution in [3.8, 4) is 0 Å². The minimum atomic E-state index is 0.132. The van der Waals surface area contributed by atoms with Crippen LogP contribution in [0.25, 0.3) is 0 Å². The summed E-state index contributed by atoms with van der Waals surface area (Å²) < 4.78 is 0.900. The van der Waals surface area contributed by atoms with E-state index in [4.69, 9.17) is 11.6 Å². The van der Waals surface area contributed by atoms with Crippen LogP contribution in [0.4, 0.5) is 0 Å². The van der Waals surface area contributed by atoms with Gasteiger partial charge in [-0.15, -0.1) is 0 Å². The molecule has 0 saturated carbocycles. The number of hydrogen-bond acceptors (Lipinski definition) is 2. The fourth-order valence-electron chi connectivity index (χ4n) is 2.79. The summed E-state index contributed by atoms with van der Waals surface area (Å²) in [5.41, 5.74) is 0.632. The number of Topliss-reactive ketones (excluding diaryl/α,β-unsaturated/α-hetero) is 1. The number of halogens is 2. The first kappa shape index (κ1) is 16.0. The van der Waals surface area contributed by atoms with Crippen molar-refractivity contribution in [3.05, 3.63) is 33.3 Å². The number of hydrogen-bond donors (Lipinski definition) is 0. The number of ketones is 1. The van der Waals surface area contributed by atoms with Crippen molar-refractivity contribution in [2.45, 2.75) is 39.2 Å². The van der Waals surface area contributed by atoms with Gasteiger partial charge in [-0.2, -0.15) is 0 Å². The summed E-state index contributed by atoms with van der Waals surface area (Å²) in [6, 6.07) is 6.03. The van der Waals surface area contributed by atoms with Gasteiger partial charge in [-0.25, -0.2) is 0 Å². The Balaban J connectivity index is 1.94. The largest absolute Gasteiger partial charge is 0.300 e. The van der Waals surface area contributed by atoms with Gasteiger partial charge in [0.1, 0.15) is 0 Å². The van der Waals surface area contributed by atoms with Crippen molar-refractivity contribution in [1.82, 2.24) is 4.90 Å². The highest BCUT2D eigenvalue weighted by Crippen LogP contribution is 2.24. The highest BCUT2D eigenvalue weighted by atomic mass is 79.9. The number of rotatable bonds is 4. The van der Waals surface area contributed by atoms with E-state index in [1.165, 1.54) is 12.8 Å². The molecule has 2 atom stereocenters. The monoisotopic (exact) mass is 357 g/mol. The molecule has 2 nitrogen and oxygen atoms in total. The van der Waals surface area contributed by atoms with Crippen LogP contribution >= 0.6 is 27.5 Å². The van der Waals surface area contributed by atoms with E-state index in [2.05, 4.69) is 34.7 Å². The number of carbonyl (C=O) groups is 1. The van der Waals surface area contributed by atoms with E-state index < -0.39 is 0 Å². The minimum absolute atomic E-state index is 0.132. The summed E-state index contributed by atoms with van der Waals surface area (Å²) in [4.78, 5) is 14.7. The molecule has 0 N–H and O–H groups in total. The summed E-state index contributed by atoms with van der Waals surface area (Å²) in [6.07, 6.45) is 3.07. The Labute approximate surface area is 134 Å². The van der Waals surface area contributed by atoms with Crippen molar-refractivity contribution in [2.75, 3.05) is 13.1 Å². The fraction of sp³-hybridized carbons (Fsp3) is 0.562. The molecule has 1 heterocycles. The second-order valence-corrected chi connectivity index (χ2v) is 7.15. The average molecular weight is 359 g/mol. The van der Waals surface area contributed by atoms with E-state index in [1.807, 2.05) is 6.07 Å². The van der Waals surface area contributed by atoms with Crippen LogP contribution in [0.1, 0.15) is 43.5 Å². The molecule has 0 aromatic heterocycles. The number of carbonyl (C=O) groups excluding carboxylic acids is 1. The van der Waals surface area contributed by atoms with Gasteiger partial charge in [0, 0.05) is 35.6 Å². The number of piperidine rings is 1. The molecule has 1 aromatic rings. The van der Waals surface area contributed by atoms with Gasteiger partial charge in [0.2, 0.25) is 0 Å². The molecular weight excluding hydrogens is 338 g/mol. The predicted octanol–water partition coefficient (Wildman–Crippen LogP) is 4.80. The lowest BCUT2D eigenvalue weighted by molar-refractivity contribution is 0.0900. The molecule has 1 aliphatic heterocycles. The molecule has 0 bridgehead atoms. The topological polar surface area (TPSA) is 20.3 Å². The van der Waals surface area contributed by atoms with Gasteiger partial charge < -0.3 is 0 Å². The molecule has 1 aromatic carbocycles. The van der Waals surface area contributed by atoms with Gasteiger partial charge >= 0.3 is 0 Å². The maximum absolute atomic E-state index is 12.3. The van der Waals surface area contributed by atoms with Crippen LogP contribution in [-0.2, 0) is 0 Å². The predicted molar refractivity (Wildman–Crippen MR) is 87.5 cm³/mol. The Morgan fingerprint density at radius 2 is 2.15 bits per heavy atom. The Morgan fingerprint density at radius 1 is 1.40 bits per heavy atom. The highest BCUT2D eigenvalue weighted by molar-refractivity contribution is 9.10. The second kappa shape index (κ2) is 7.06. The van der Waals surface area contributed by atoms with Crippen molar-refractivity contribution in [2.24, 2.45) is 5.92 Å². The van der Waals surface area contributed by atoms with Crippen molar-refractivity contribution in [1.29, 1.82) is 0 Å². The third kappa shape index (κ3) is 4.06. The molecule has 2 rings (SSSR count). The normalized spacial score (nSPS) is 23.8. The number of nitrogens with zero attached hydrogens (tertiary/aromatic N) is 1. The Bertz CT molecular complexity index is 491. The molecule has 0 radical (unpaired) electrons. The van der Waals surface area contributed by atoms with E-state index in [9.17, 15) is 4.79 Å². The van der Waals surface area contributed by atoms with Crippen molar-refractivity contribution >= 4 is 33.3 Å². The van der Waals surface area contributed by atoms with E-state index in [-0.39, 0.29) is 5.78 Å². The number of likely N-dealkylation sites (tertiary alicyclic amines) is 1. The second-order valence-electron chi connectivity index (χ2n) is 5.82. The quantitative estimate of drug-likeness (QED) is 0.721. The molecule has 1 aliphatic rings. The van der Waals surface area contributed by atoms with Gasteiger partial charge in [-0.1, -0.05) is 34.5 Å². The third-order valence-electron chi connectivity index (χ3n) is 4.10. The zero-order valence-corrected chi connectivity index (χ0v) is 14.4. The first-order valence-corrected chi connectivity index (χ1v) is 8.36. The van der Waals surface area contributed by atoms with Crippen LogP contribution in [0.2, 0.25) is 5.02 Å². The average Bonchev–Trinajstić information content (AvgIpc) is 2.39. The lowest BCUT2D eigenvalue weighted by Crippen LogP contribution is -2.42. The highest BCUT2D eigenvalue weighted by Gasteiger charge is 2.23. The van der Waals surface area contributed by atoms with Gasteiger partial charge in [-0.05, 0) is 43.9 Å². The van der Waals surface area contributed by atoms with Crippen LogP contribution < -0.4 is 0 Å². The standard InChI is InChI=1S/C16H21BrClNO/c1-11-3-4-12(2)19(10-11)8-7-16(20)14-6-5-13(17)9-15(14)18/h5-6,9,11-12H,3-4,7-8,10H2,1-2H3. The van der Waals surface area contributed by atoms with Gasteiger partial charge in [-0.3, -0.25) is 9.69 Å². The molecule has 1 saturated heterocycles. The zero-order valence-electron chi connectivity index (χ0n) is 12.0. The molecule has 1 fully saturated rings. The molecular formula is C16H21BrClNO. The summed E-state index contributed by atoms with van der Waals surface area (Å²) in [6.45, 7) is 6.47. The number of benzene rings is 1. The van der Waals surface area contributed by atoms with E-state index >= 15 is 0 Å². The van der Waals surface area contributed by atoms with E-state index in [0.29, 0.717) is 23.0 Å². The summed E-state index contributed by atoms with van der Waals surface area (Å²) in [7, 11) is 0. The Kier molecular flexibility index (Phi) is 5.65. The SMILES string of the molecule is CC1CCC(C)N(CCC(=O)c2ccc(Br)cc2Cl)C1. The molecule has 20 heavy (non-hydrogen) atoms.